The molecule has 1 aliphatic heterocycles. The van der Waals surface area contributed by atoms with Gasteiger partial charge in [0, 0.05) is 43.2 Å². The molecule has 0 unspecified atom stereocenters. The number of carbonyl (C=O) groups is 1. The minimum absolute atomic E-state index is 0.263. The standard InChI is InChI=1S/C18H24N4OS/c1-14-18(15(2)20-19-14)22-11-9-21(10-12-22)17(23)8-13-24-16-6-4-3-5-7-16/h3-7H,8-13H2,1-2H3,(H,19,20). The zero-order chi connectivity index (χ0) is 16.9. The Bertz CT molecular complexity index is 658. The van der Waals surface area contributed by atoms with Gasteiger partial charge in [-0.25, -0.2) is 0 Å². The highest BCUT2D eigenvalue weighted by molar-refractivity contribution is 7.99. The molecule has 1 fully saturated rings. The molecule has 128 valence electrons. The maximum atomic E-state index is 12.4. The van der Waals surface area contributed by atoms with Crippen LogP contribution in [0.4, 0.5) is 5.69 Å². The summed E-state index contributed by atoms with van der Waals surface area (Å²) in [7, 11) is 0. The molecule has 1 saturated heterocycles. The van der Waals surface area contributed by atoms with Crippen molar-refractivity contribution in [3.05, 3.63) is 41.7 Å². The molecule has 0 radical (unpaired) electrons. The van der Waals surface area contributed by atoms with Gasteiger partial charge in [0.1, 0.15) is 0 Å². The van der Waals surface area contributed by atoms with E-state index in [2.05, 4.69) is 27.2 Å². The number of amides is 1. The van der Waals surface area contributed by atoms with Gasteiger partial charge in [0.05, 0.1) is 17.1 Å². The lowest BCUT2D eigenvalue weighted by molar-refractivity contribution is -0.131. The summed E-state index contributed by atoms with van der Waals surface area (Å²) in [5.41, 5.74) is 3.33. The van der Waals surface area contributed by atoms with Gasteiger partial charge in [0.25, 0.3) is 0 Å². The Kier molecular flexibility index (Phi) is 5.45. The number of nitrogens with one attached hydrogen (secondary N) is 1. The van der Waals surface area contributed by atoms with Crippen molar-refractivity contribution in [2.45, 2.75) is 25.2 Å². The van der Waals surface area contributed by atoms with Gasteiger partial charge in [0.15, 0.2) is 0 Å². The van der Waals surface area contributed by atoms with E-state index < -0.39 is 0 Å². The first kappa shape index (κ1) is 16.9. The van der Waals surface area contributed by atoms with Gasteiger partial charge >= 0.3 is 0 Å². The highest BCUT2D eigenvalue weighted by Crippen LogP contribution is 2.24. The second kappa shape index (κ2) is 7.75. The highest BCUT2D eigenvalue weighted by Gasteiger charge is 2.23. The normalized spacial score (nSPS) is 14.9. The van der Waals surface area contributed by atoms with Crippen LogP contribution >= 0.6 is 11.8 Å². The Balaban J connectivity index is 1.45. The fraction of sp³-hybridized carbons (Fsp3) is 0.444. The number of aromatic amines is 1. The van der Waals surface area contributed by atoms with Crippen LogP contribution in [-0.2, 0) is 4.79 Å². The summed E-state index contributed by atoms with van der Waals surface area (Å²) < 4.78 is 0. The van der Waals surface area contributed by atoms with Crippen LogP contribution in [0, 0.1) is 13.8 Å². The van der Waals surface area contributed by atoms with Crippen LogP contribution in [0.3, 0.4) is 0 Å². The molecule has 6 heteroatoms. The average molecular weight is 344 g/mol. The summed E-state index contributed by atoms with van der Waals surface area (Å²) in [5.74, 6) is 1.10. The van der Waals surface area contributed by atoms with Crippen LogP contribution in [0.1, 0.15) is 17.8 Å². The second-order valence-corrected chi connectivity index (χ2v) is 7.23. The number of thioether (sulfide) groups is 1. The van der Waals surface area contributed by atoms with Crippen LogP contribution < -0.4 is 4.90 Å². The number of hydrogen-bond donors (Lipinski definition) is 1. The fourth-order valence-corrected chi connectivity index (χ4v) is 3.98. The van der Waals surface area contributed by atoms with Crippen molar-refractivity contribution in [2.75, 3.05) is 36.8 Å². The third-order valence-corrected chi connectivity index (χ3v) is 5.38. The van der Waals surface area contributed by atoms with Crippen molar-refractivity contribution in [2.24, 2.45) is 0 Å². The smallest absolute Gasteiger partial charge is 0.223 e. The third kappa shape index (κ3) is 3.93. The number of hydrogen-bond acceptors (Lipinski definition) is 4. The lowest BCUT2D eigenvalue weighted by Crippen LogP contribution is -2.49. The van der Waals surface area contributed by atoms with Crippen LogP contribution in [0.5, 0.6) is 0 Å². The molecular formula is C18H24N4OS. The number of piperazine rings is 1. The molecule has 0 bridgehead atoms. The monoisotopic (exact) mass is 344 g/mol. The molecule has 0 atom stereocenters. The summed E-state index contributed by atoms with van der Waals surface area (Å²) in [4.78, 5) is 17.9. The summed E-state index contributed by atoms with van der Waals surface area (Å²) in [6.45, 7) is 7.40. The number of H-pyrrole nitrogens is 1. The first-order valence-electron chi connectivity index (χ1n) is 8.37. The summed E-state index contributed by atoms with van der Waals surface area (Å²) in [6, 6.07) is 10.2. The van der Waals surface area contributed by atoms with Crippen molar-refractivity contribution in [3.63, 3.8) is 0 Å². The zero-order valence-electron chi connectivity index (χ0n) is 14.3. The summed E-state index contributed by atoms with van der Waals surface area (Å²) in [5, 5.41) is 7.30. The molecule has 1 aromatic heterocycles. The molecule has 0 saturated carbocycles. The molecule has 2 heterocycles. The van der Waals surface area contributed by atoms with Crippen molar-refractivity contribution in [1.29, 1.82) is 0 Å². The molecule has 5 nitrogen and oxygen atoms in total. The molecule has 1 aromatic carbocycles. The highest BCUT2D eigenvalue weighted by atomic mass is 32.2. The van der Waals surface area contributed by atoms with Crippen molar-refractivity contribution in [1.82, 2.24) is 15.1 Å². The number of nitrogens with zero attached hydrogens (tertiary/aromatic N) is 3. The maximum absolute atomic E-state index is 12.4. The van der Waals surface area contributed by atoms with Crippen LogP contribution in [0.25, 0.3) is 0 Å². The molecule has 1 amide bonds. The lowest BCUT2D eigenvalue weighted by Gasteiger charge is -2.36. The number of aromatic nitrogens is 2. The SMILES string of the molecule is Cc1n[nH]c(C)c1N1CCN(C(=O)CCSc2ccccc2)CC1. The topological polar surface area (TPSA) is 52.2 Å². The molecule has 2 aromatic rings. The largest absolute Gasteiger partial charge is 0.365 e. The van der Waals surface area contributed by atoms with E-state index in [1.54, 1.807) is 11.8 Å². The summed E-state index contributed by atoms with van der Waals surface area (Å²) >= 11 is 1.74. The second-order valence-electron chi connectivity index (χ2n) is 6.06. The Labute approximate surface area is 147 Å². The molecule has 24 heavy (non-hydrogen) atoms. The molecular weight excluding hydrogens is 320 g/mol. The third-order valence-electron chi connectivity index (χ3n) is 4.37. The predicted octanol–water partition coefficient (Wildman–Crippen LogP) is 2.86. The van der Waals surface area contributed by atoms with Gasteiger partial charge in [0.2, 0.25) is 5.91 Å². The fourth-order valence-electron chi connectivity index (χ4n) is 3.12. The van der Waals surface area contributed by atoms with Crippen LogP contribution in [0.2, 0.25) is 0 Å². The first-order chi connectivity index (χ1) is 11.6. The zero-order valence-corrected chi connectivity index (χ0v) is 15.1. The van der Waals surface area contributed by atoms with Crippen molar-refractivity contribution in [3.8, 4) is 0 Å². The lowest BCUT2D eigenvalue weighted by atomic mass is 10.2. The number of benzene rings is 1. The van der Waals surface area contributed by atoms with Gasteiger partial charge in [-0.3, -0.25) is 9.89 Å². The van der Waals surface area contributed by atoms with E-state index in [0.29, 0.717) is 6.42 Å². The quantitative estimate of drug-likeness (QED) is 0.848. The maximum Gasteiger partial charge on any atom is 0.223 e. The summed E-state index contributed by atoms with van der Waals surface area (Å²) in [6.07, 6.45) is 0.601. The van der Waals surface area contributed by atoms with E-state index in [-0.39, 0.29) is 5.91 Å². The Morgan fingerprint density at radius 1 is 1.17 bits per heavy atom. The van der Waals surface area contributed by atoms with E-state index in [9.17, 15) is 4.79 Å². The van der Waals surface area contributed by atoms with E-state index >= 15 is 0 Å². The molecule has 0 aliphatic carbocycles. The van der Waals surface area contributed by atoms with Gasteiger partial charge in [-0.2, -0.15) is 5.10 Å². The minimum Gasteiger partial charge on any atom is -0.365 e. The van der Waals surface area contributed by atoms with Gasteiger partial charge < -0.3 is 9.80 Å². The van der Waals surface area contributed by atoms with E-state index in [0.717, 1.165) is 43.3 Å². The van der Waals surface area contributed by atoms with Crippen LogP contribution in [-0.4, -0.2) is 52.9 Å². The Morgan fingerprint density at radius 3 is 2.50 bits per heavy atom. The molecule has 3 rings (SSSR count). The Morgan fingerprint density at radius 2 is 1.88 bits per heavy atom. The van der Waals surface area contributed by atoms with Gasteiger partial charge in [-0.15, -0.1) is 11.8 Å². The van der Waals surface area contributed by atoms with Gasteiger partial charge in [-0.1, -0.05) is 18.2 Å². The molecule has 1 aliphatic rings. The minimum atomic E-state index is 0.263. The van der Waals surface area contributed by atoms with Crippen molar-refractivity contribution < 1.29 is 4.79 Å². The number of rotatable bonds is 5. The number of carbonyl (C=O) groups excluding carboxylic acids is 1. The Hall–Kier alpha value is -1.95. The number of anilines is 1. The van der Waals surface area contributed by atoms with E-state index in [1.807, 2.05) is 36.9 Å². The first-order valence-corrected chi connectivity index (χ1v) is 9.36. The van der Waals surface area contributed by atoms with E-state index in [1.165, 1.54) is 10.6 Å². The average Bonchev–Trinajstić information content (AvgIpc) is 2.94. The predicted molar refractivity (Wildman–Crippen MR) is 98.6 cm³/mol. The van der Waals surface area contributed by atoms with Crippen molar-refractivity contribution >= 4 is 23.4 Å². The van der Waals surface area contributed by atoms with E-state index in [4.69, 9.17) is 0 Å². The molecule has 1 N–H and O–H groups in total. The van der Waals surface area contributed by atoms with Gasteiger partial charge in [-0.05, 0) is 26.0 Å². The van der Waals surface area contributed by atoms with Crippen LogP contribution in [0.15, 0.2) is 35.2 Å². The number of aryl methyl sites for hydroxylation is 2. The molecule has 0 spiro atoms.